The molecule has 0 fully saturated rings. The SMILES string of the molecule is CN(C)c1cnnc(NCCNC(=O)/C=C/c2ccccc2Cl)c1. The number of amides is 1. The van der Waals surface area contributed by atoms with E-state index in [-0.39, 0.29) is 5.91 Å². The van der Waals surface area contributed by atoms with E-state index >= 15 is 0 Å². The van der Waals surface area contributed by atoms with Crippen LogP contribution >= 0.6 is 11.6 Å². The average molecular weight is 346 g/mol. The number of benzene rings is 1. The van der Waals surface area contributed by atoms with Gasteiger partial charge in [0.1, 0.15) is 0 Å². The number of anilines is 2. The van der Waals surface area contributed by atoms with E-state index in [2.05, 4.69) is 20.8 Å². The second kappa shape index (κ2) is 8.88. The Hall–Kier alpha value is -2.60. The van der Waals surface area contributed by atoms with E-state index in [0.29, 0.717) is 23.9 Å². The highest BCUT2D eigenvalue weighted by atomic mass is 35.5. The molecule has 2 rings (SSSR count). The maximum Gasteiger partial charge on any atom is 0.244 e. The Morgan fingerprint density at radius 3 is 2.83 bits per heavy atom. The van der Waals surface area contributed by atoms with Gasteiger partial charge in [0.25, 0.3) is 0 Å². The molecule has 1 amide bonds. The molecule has 0 saturated heterocycles. The molecule has 0 radical (unpaired) electrons. The molecule has 0 unspecified atom stereocenters. The van der Waals surface area contributed by atoms with E-state index in [0.717, 1.165) is 11.3 Å². The summed E-state index contributed by atoms with van der Waals surface area (Å²) in [5, 5.41) is 14.4. The maximum absolute atomic E-state index is 11.8. The highest BCUT2D eigenvalue weighted by molar-refractivity contribution is 6.32. The van der Waals surface area contributed by atoms with Gasteiger partial charge in [0.05, 0.1) is 11.9 Å². The van der Waals surface area contributed by atoms with Crippen LogP contribution in [0.3, 0.4) is 0 Å². The molecular formula is C17H20ClN5O. The van der Waals surface area contributed by atoms with E-state index in [1.54, 1.807) is 18.3 Å². The predicted octanol–water partition coefficient (Wildman–Crippen LogP) is 2.44. The summed E-state index contributed by atoms with van der Waals surface area (Å²) in [5.41, 5.74) is 1.77. The minimum Gasteiger partial charge on any atom is -0.376 e. The fraction of sp³-hybridized carbons (Fsp3) is 0.235. The molecule has 24 heavy (non-hydrogen) atoms. The maximum atomic E-state index is 11.8. The minimum atomic E-state index is -0.176. The van der Waals surface area contributed by atoms with Crippen molar-refractivity contribution in [3.05, 3.63) is 53.2 Å². The lowest BCUT2D eigenvalue weighted by Gasteiger charge is -2.12. The van der Waals surface area contributed by atoms with Crippen LogP contribution in [0.2, 0.25) is 5.02 Å². The predicted molar refractivity (Wildman–Crippen MR) is 98.3 cm³/mol. The minimum absolute atomic E-state index is 0.176. The Labute approximate surface area is 146 Å². The summed E-state index contributed by atoms with van der Waals surface area (Å²) in [7, 11) is 3.87. The zero-order valence-corrected chi connectivity index (χ0v) is 14.4. The number of carbonyl (C=O) groups is 1. The van der Waals surface area contributed by atoms with E-state index < -0.39 is 0 Å². The summed E-state index contributed by atoms with van der Waals surface area (Å²) < 4.78 is 0. The molecule has 0 aliphatic heterocycles. The second-order valence-corrected chi connectivity index (χ2v) is 5.67. The molecule has 0 bridgehead atoms. The van der Waals surface area contributed by atoms with Gasteiger partial charge < -0.3 is 15.5 Å². The van der Waals surface area contributed by atoms with Crippen molar-refractivity contribution in [2.24, 2.45) is 0 Å². The Kier molecular flexibility index (Phi) is 6.57. The Bertz CT molecular complexity index is 718. The van der Waals surface area contributed by atoms with Crippen LogP contribution in [0.25, 0.3) is 6.08 Å². The lowest BCUT2D eigenvalue weighted by Crippen LogP contribution is -2.27. The molecule has 0 spiro atoms. The van der Waals surface area contributed by atoms with E-state index in [4.69, 9.17) is 11.6 Å². The molecule has 7 heteroatoms. The van der Waals surface area contributed by atoms with Crippen LogP contribution in [0, 0.1) is 0 Å². The van der Waals surface area contributed by atoms with Crippen molar-refractivity contribution in [3.8, 4) is 0 Å². The summed E-state index contributed by atoms with van der Waals surface area (Å²) >= 11 is 6.03. The third-order valence-corrected chi connectivity index (χ3v) is 3.55. The highest BCUT2D eigenvalue weighted by Gasteiger charge is 2.01. The summed E-state index contributed by atoms with van der Waals surface area (Å²) in [5.74, 6) is 0.493. The van der Waals surface area contributed by atoms with E-state index in [1.165, 1.54) is 6.08 Å². The average Bonchev–Trinajstić information content (AvgIpc) is 2.58. The molecule has 1 aromatic carbocycles. The molecule has 126 valence electrons. The number of nitrogens with zero attached hydrogens (tertiary/aromatic N) is 3. The first-order valence-corrected chi connectivity index (χ1v) is 7.88. The summed E-state index contributed by atoms with van der Waals surface area (Å²) in [4.78, 5) is 13.7. The molecule has 2 aromatic rings. The number of carbonyl (C=O) groups excluding carboxylic acids is 1. The van der Waals surface area contributed by atoms with Crippen LogP contribution in [-0.2, 0) is 4.79 Å². The highest BCUT2D eigenvalue weighted by Crippen LogP contribution is 2.16. The van der Waals surface area contributed by atoms with Crippen molar-refractivity contribution in [1.29, 1.82) is 0 Å². The quantitative estimate of drug-likeness (QED) is 0.596. The van der Waals surface area contributed by atoms with Crippen molar-refractivity contribution in [2.75, 3.05) is 37.4 Å². The number of aromatic nitrogens is 2. The summed E-state index contributed by atoms with van der Waals surface area (Å²) in [6, 6.07) is 9.25. The lowest BCUT2D eigenvalue weighted by atomic mass is 10.2. The van der Waals surface area contributed by atoms with E-state index in [1.807, 2.05) is 43.3 Å². The zero-order chi connectivity index (χ0) is 17.4. The number of halogens is 1. The topological polar surface area (TPSA) is 70.2 Å². The molecule has 0 aliphatic rings. The fourth-order valence-corrected chi connectivity index (χ4v) is 2.10. The van der Waals surface area contributed by atoms with Gasteiger partial charge in [0.15, 0.2) is 5.82 Å². The van der Waals surface area contributed by atoms with Gasteiger partial charge in [0.2, 0.25) is 5.91 Å². The van der Waals surface area contributed by atoms with Crippen LogP contribution in [0.4, 0.5) is 11.5 Å². The van der Waals surface area contributed by atoms with Crippen LogP contribution < -0.4 is 15.5 Å². The van der Waals surface area contributed by atoms with Crippen LogP contribution in [-0.4, -0.2) is 43.3 Å². The van der Waals surface area contributed by atoms with E-state index in [9.17, 15) is 4.79 Å². The van der Waals surface area contributed by atoms with Crippen LogP contribution in [0.15, 0.2) is 42.6 Å². The van der Waals surface area contributed by atoms with Gasteiger partial charge >= 0.3 is 0 Å². The monoisotopic (exact) mass is 345 g/mol. The Balaban J connectivity index is 1.75. The van der Waals surface area contributed by atoms with Gasteiger partial charge in [-0.25, -0.2) is 0 Å². The largest absolute Gasteiger partial charge is 0.376 e. The van der Waals surface area contributed by atoms with Gasteiger partial charge in [-0.15, -0.1) is 5.10 Å². The number of nitrogens with one attached hydrogen (secondary N) is 2. The molecular weight excluding hydrogens is 326 g/mol. The molecule has 1 aromatic heterocycles. The first-order chi connectivity index (χ1) is 11.6. The van der Waals surface area contributed by atoms with Gasteiger partial charge in [-0.2, -0.15) is 5.10 Å². The van der Waals surface area contributed by atoms with Crippen molar-refractivity contribution in [2.45, 2.75) is 0 Å². The third kappa shape index (κ3) is 5.55. The Morgan fingerprint density at radius 2 is 2.08 bits per heavy atom. The number of rotatable bonds is 7. The fourth-order valence-electron chi connectivity index (χ4n) is 1.90. The first kappa shape index (κ1) is 17.7. The first-order valence-electron chi connectivity index (χ1n) is 7.50. The van der Waals surface area contributed by atoms with Gasteiger partial charge in [0, 0.05) is 44.3 Å². The van der Waals surface area contributed by atoms with Crippen LogP contribution in [0.5, 0.6) is 0 Å². The molecule has 0 atom stereocenters. The molecule has 6 nitrogen and oxygen atoms in total. The van der Waals surface area contributed by atoms with Crippen molar-refractivity contribution >= 4 is 35.1 Å². The lowest BCUT2D eigenvalue weighted by molar-refractivity contribution is -0.116. The summed E-state index contributed by atoms with van der Waals surface area (Å²) in [6.07, 6.45) is 4.84. The normalized spacial score (nSPS) is 10.6. The Morgan fingerprint density at radius 1 is 1.29 bits per heavy atom. The third-order valence-electron chi connectivity index (χ3n) is 3.21. The molecule has 2 N–H and O–H groups in total. The number of hydrogen-bond acceptors (Lipinski definition) is 5. The molecule has 0 saturated carbocycles. The van der Waals surface area contributed by atoms with Gasteiger partial charge in [-0.3, -0.25) is 4.79 Å². The van der Waals surface area contributed by atoms with Crippen molar-refractivity contribution < 1.29 is 4.79 Å². The van der Waals surface area contributed by atoms with Crippen molar-refractivity contribution in [1.82, 2.24) is 15.5 Å². The molecule has 1 heterocycles. The standard InChI is InChI=1S/C17H20ClN5O/c1-23(2)14-11-16(22-21-12-14)19-9-10-20-17(24)8-7-13-5-3-4-6-15(13)18/h3-8,11-12H,9-10H2,1-2H3,(H,19,22)(H,20,24)/b8-7+. The number of hydrogen-bond donors (Lipinski definition) is 2. The summed E-state index contributed by atoms with van der Waals surface area (Å²) in [6.45, 7) is 1.02. The molecule has 0 aliphatic carbocycles. The van der Waals surface area contributed by atoms with Crippen molar-refractivity contribution in [3.63, 3.8) is 0 Å². The van der Waals surface area contributed by atoms with Crippen LogP contribution in [0.1, 0.15) is 5.56 Å². The smallest absolute Gasteiger partial charge is 0.244 e. The van der Waals surface area contributed by atoms with Gasteiger partial charge in [-0.1, -0.05) is 29.8 Å². The van der Waals surface area contributed by atoms with Gasteiger partial charge in [-0.05, 0) is 17.7 Å². The second-order valence-electron chi connectivity index (χ2n) is 5.27. The zero-order valence-electron chi connectivity index (χ0n) is 13.7.